The number of fused-ring (bicyclic) bond motifs is 2. The Bertz CT molecular complexity index is 550. The largest absolute Gasteiger partial charge is 0.381 e. The molecule has 5 aliphatic rings. The van der Waals surface area contributed by atoms with Gasteiger partial charge in [-0.2, -0.15) is 0 Å². The fourth-order valence-corrected chi connectivity index (χ4v) is 6.22. The number of ether oxygens (including phenoxy) is 2. The fourth-order valence-electron chi connectivity index (χ4n) is 6.22. The number of nitrogens with zero attached hydrogens (tertiary/aromatic N) is 3. The Kier molecular flexibility index (Phi) is 5.07. The van der Waals surface area contributed by atoms with Gasteiger partial charge in [0, 0.05) is 69.9 Å². The fraction of sp³-hybridized carbons (Fsp3) is 0.952. The topological polar surface area (TPSA) is 49.3 Å². The Morgan fingerprint density at radius 2 is 2.00 bits per heavy atom. The first-order valence-corrected chi connectivity index (χ1v) is 11.3. The smallest absolute Gasteiger partial charge is 0.194 e. The van der Waals surface area contributed by atoms with Crippen LogP contribution >= 0.6 is 0 Å². The van der Waals surface area contributed by atoms with Crippen molar-refractivity contribution in [2.75, 3.05) is 59.1 Å². The number of nitrogens with one attached hydrogen (secondary N) is 1. The molecule has 5 rings (SSSR count). The highest BCUT2D eigenvalue weighted by Gasteiger charge is 2.66. The van der Waals surface area contributed by atoms with Crippen molar-refractivity contribution in [2.24, 2.45) is 22.2 Å². The Balaban J connectivity index is 1.19. The van der Waals surface area contributed by atoms with Crippen molar-refractivity contribution in [3.05, 3.63) is 0 Å². The van der Waals surface area contributed by atoms with E-state index in [0.717, 1.165) is 64.4 Å². The standard InChI is InChI=1S/C21H36N4O2/c1-2-22-20(23-18-17-5-13-27-19(17)21(18)6-3-7-21)25-10-8-24(9-11-25)14-16-4-12-26-15-16/h16-19H,2-15H2,1H3,(H,22,23). The van der Waals surface area contributed by atoms with Gasteiger partial charge in [-0.1, -0.05) is 6.42 Å². The molecule has 0 aromatic carbocycles. The van der Waals surface area contributed by atoms with E-state index in [-0.39, 0.29) is 0 Å². The number of piperazine rings is 1. The van der Waals surface area contributed by atoms with E-state index in [1.54, 1.807) is 0 Å². The molecule has 0 aromatic rings. The predicted molar refractivity (Wildman–Crippen MR) is 106 cm³/mol. The highest BCUT2D eigenvalue weighted by atomic mass is 16.5. The monoisotopic (exact) mass is 376 g/mol. The van der Waals surface area contributed by atoms with Crippen molar-refractivity contribution >= 4 is 5.96 Å². The molecule has 2 saturated carbocycles. The Hall–Kier alpha value is -0.850. The normalized spacial score (nSPS) is 38.6. The van der Waals surface area contributed by atoms with Crippen LogP contribution in [-0.4, -0.2) is 87.0 Å². The van der Waals surface area contributed by atoms with Crippen molar-refractivity contribution < 1.29 is 9.47 Å². The molecule has 3 heterocycles. The second kappa shape index (κ2) is 7.53. The molecule has 1 N–H and O–H groups in total. The molecule has 2 aliphatic carbocycles. The van der Waals surface area contributed by atoms with E-state index in [9.17, 15) is 0 Å². The molecule has 0 amide bonds. The lowest BCUT2D eigenvalue weighted by Crippen LogP contribution is -2.73. The third kappa shape index (κ3) is 3.18. The van der Waals surface area contributed by atoms with E-state index in [0.29, 0.717) is 23.5 Å². The maximum absolute atomic E-state index is 6.09. The lowest BCUT2D eigenvalue weighted by molar-refractivity contribution is -0.171. The summed E-state index contributed by atoms with van der Waals surface area (Å²) in [6.07, 6.45) is 7.02. The van der Waals surface area contributed by atoms with Crippen molar-refractivity contribution in [1.29, 1.82) is 0 Å². The van der Waals surface area contributed by atoms with Gasteiger partial charge in [0.15, 0.2) is 5.96 Å². The molecule has 3 aliphatic heterocycles. The zero-order valence-corrected chi connectivity index (χ0v) is 16.9. The first-order chi connectivity index (χ1) is 13.3. The molecule has 1 spiro atoms. The third-order valence-electron chi connectivity index (χ3n) is 7.84. The summed E-state index contributed by atoms with van der Waals surface area (Å²) in [4.78, 5) is 10.0. The summed E-state index contributed by atoms with van der Waals surface area (Å²) in [6, 6.07) is 0.581. The minimum absolute atomic E-state index is 0.417. The number of guanidine groups is 1. The first-order valence-electron chi connectivity index (χ1n) is 11.3. The van der Waals surface area contributed by atoms with E-state index < -0.39 is 0 Å². The second-order valence-corrected chi connectivity index (χ2v) is 9.27. The van der Waals surface area contributed by atoms with Gasteiger partial charge in [-0.25, -0.2) is 0 Å². The molecule has 27 heavy (non-hydrogen) atoms. The predicted octanol–water partition coefficient (Wildman–Crippen LogP) is 1.56. The number of rotatable bonds is 4. The average Bonchev–Trinajstić information content (AvgIpc) is 3.29. The van der Waals surface area contributed by atoms with Gasteiger partial charge in [-0.05, 0) is 38.5 Å². The van der Waals surface area contributed by atoms with Crippen molar-refractivity contribution in [1.82, 2.24) is 15.1 Å². The van der Waals surface area contributed by atoms with Gasteiger partial charge in [0.2, 0.25) is 0 Å². The van der Waals surface area contributed by atoms with Crippen LogP contribution in [0.5, 0.6) is 0 Å². The summed E-state index contributed by atoms with van der Waals surface area (Å²) in [5.41, 5.74) is 0.417. The van der Waals surface area contributed by atoms with Crippen LogP contribution in [0.2, 0.25) is 0 Å². The molecule has 0 aromatic heterocycles. The summed E-state index contributed by atoms with van der Waals surface area (Å²) >= 11 is 0. The van der Waals surface area contributed by atoms with Crippen LogP contribution < -0.4 is 5.32 Å². The molecule has 0 bridgehead atoms. The SMILES string of the molecule is CCN=C(NC1C2CCOC2C12CCC2)N1CCN(CC2CCOC2)CC1. The molecule has 0 radical (unpaired) electrons. The van der Waals surface area contributed by atoms with Crippen LogP contribution in [0.15, 0.2) is 4.99 Å². The zero-order valence-electron chi connectivity index (χ0n) is 16.9. The average molecular weight is 377 g/mol. The summed E-state index contributed by atoms with van der Waals surface area (Å²) in [5, 5.41) is 3.93. The van der Waals surface area contributed by atoms with Crippen LogP contribution in [0.25, 0.3) is 0 Å². The zero-order chi connectivity index (χ0) is 18.3. The molecule has 6 nitrogen and oxygen atoms in total. The Morgan fingerprint density at radius 1 is 1.15 bits per heavy atom. The van der Waals surface area contributed by atoms with Crippen LogP contribution in [0.3, 0.4) is 0 Å². The van der Waals surface area contributed by atoms with Crippen LogP contribution in [0.1, 0.15) is 39.0 Å². The highest BCUT2D eigenvalue weighted by molar-refractivity contribution is 5.81. The molecular formula is C21H36N4O2. The number of hydrogen-bond donors (Lipinski definition) is 1. The highest BCUT2D eigenvalue weighted by Crippen LogP contribution is 2.62. The van der Waals surface area contributed by atoms with Gasteiger partial charge in [0.1, 0.15) is 0 Å². The Labute approximate surface area is 163 Å². The van der Waals surface area contributed by atoms with E-state index in [1.165, 1.54) is 38.6 Å². The second-order valence-electron chi connectivity index (χ2n) is 9.27. The molecule has 6 heteroatoms. The van der Waals surface area contributed by atoms with Crippen molar-refractivity contribution in [2.45, 2.75) is 51.2 Å². The summed E-state index contributed by atoms with van der Waals surface area (Å²) in [6.45, 7) is 11.5. The molecule has 5 fully saturated rings. The van der Waals surface area contributed by atoms with Gasteiger partial charge in [0.25, 0.3) is 0 Å². The lowest BCUT2D eigenvalue weighted by Gasteiger charge is -2.63. The summed E-state index contributed by atoms with van der Waals surface area (Å²) < 4.78 is 11.6. The van der Waals surface area contributed by atoms with Crippen molar-refractivity contribution in [3.8, 4) is 0 Å². The molecule has 152 valence electrons. The minimum Gasteiger partial charge on any atom is -0.381 e. The molecule has 4 unspecified atom stereocenters. The van der Waals surface area contributed by atoms with Gasteiger partial charge in [0.05, 0.1) is 12.7 Å². The third-order valence-corrected chi connectivity index (χ3v) is 7.84. The minimum atomic E-state index is 0.417. The quantitative estimate of drug-likeness (QED) is 0.596. The number of hydrogen-bond acceptors (Lipinski definition) is 4. The van der Waals surface area contributed by atoms with E-state index in [2.05, 4.69) is 22.0 Å². The van der Waals surface area contributed by atoms with Gasteiger partial charge in [-0.15, -0.1) is 0 Å². The maximum atomic E-state index is 6.09. The van der Waals surface area contributed by atoms with E-state index in [1.807, 2.05) is 0 Å². The summed E-state index contributed by atoms with van der Waals surface area (Å²) in [5.74, 6) is 2.60. The van der Waals surface area contributed by atoms with Crippen LogP contribution in [0.4, 0.5) is 0 Å². The maximum Gasteiger partial charge on any atom is 0.194 e. The lowest BCUT2D eigenvalue weighted by atomic mass is 9.46. The van der Waals surface area contributed by atoms with Crippen LogP contribution in [0, 0.1) is 17.3 Å². The molecular weight excluding hydrogens is 340 g/mol. The van der Waals surface area contributed by atoms with Gasteiger partial charge >= 0.3 is 0 Å². The van der Waals surface area contributed by atoms with Gasteiger partial charge in [-0.3, -0.25) is 9.89 Å². The summed E-state index contributed by atoms with van der Waals surface area (Å²) in [7, 11) is 0. The van der Waals surface area contributed by atoms with Gasteiger partial charge < -0.3 is 19.7 Å². The first kappa shape index (κ1) is 18.2. The van der Waals surface area contributed by atoms with E-state index >= 15 is 0 Å². The van der Waals surface area contributed by atoms with Crippen LogP contribution in [-0.2, 0) is 9.47 Å². The number of aliphatic imine (C=N–C) groups is 1. The molecule has 3 saturated heterocycles. The molecule has 4 atom stereocenters. The Morgan fingerprint density at radius 3 is 2.67 bits per heavy atom. The van der Waals surface area contributed by atoms with E-state index in [4.69, 9.17) is 14.5 Å². The van der Waals surface area contributed by atoms with Crippen molar-refractivity contribution in [3.63, 3.8) is 0 Å².